The number of nitrogens with zero attached hydrogens (tertiary/aromatic N) is 4. The van der Waals surface area contributed by atoms with Crippen molar-refractivity contribution in [3.05, 3.63) is 41.2 Å². The van der Waals surface area contributed by atoms with Crippen LogP contribution in [0.4, 0.5) is 4.39 Å². The summed E-state index contributed by atoms with van der Waals surface area (Å²) in [7, 11) is 0. The summed E-state index contributed by atoms with van der Waals surface area (Å²) in [6.45, 7) is 1.88. The van der Waals surface area contributed by atoms with E-state index in [0.29, 0.717) is 19.6 Å². The number of halogens is 2. The molecule has 1 aliphatic rings. The Bertz CT molecular complexity index is 685. The van der Waals surface area contributed by atoms with Gasteiger partial charge in [-0.3, -0.25) is 9.48 Å². The van der Waals surface area contributed by atoms with Crippen LogP contribution in [0.15, 0.2) is 24.8 Å². The van der Waals surface area contributed by atoms with Gasteiger partial charge in [-0.05, 0) is 30.9 Å². The molecule has 8 heteroatoms. The molecule has 122 valence electrons. The van der Waals surface area contributed by atoms with Crippen molar-refractivity contribution in [2.75, 3.05) is 13.1 Å². The fourth-order valence-electron chi connectivity index (χ4n) is 2.86. The lowest BCUT2D eigenvalue weighted by Crippen LogP contribution is -2.41. The number of phenols is 1. The van der Waals surface area contributed by atoms with E-state index in [0.717, 1.165) is 18.9 Å². The molecule has 1 amide bonds. The van der Waals surface area contributed by atoms with Crippen LogP contribution in [0.5, 0.6) is 5.75 Å². The van der Waals surface area contributed by atoms with Crippen molar-refractivity contribution in [2.24, 2.45) is 5.92 Å². The highest BCUT2D eigenvalue weighted by molar-refractivity contribution is 6.32. The maximum absolute atomic E-state index is 13.6. The number of hydrogen-bond donors (Lipinski definition) is 1. The minimum Gasteiger partial charge on any atom is -0.504 e. The molecule has 0 radical (unpaired) electrons. The molecule has 1 aliphatic heterocycles. The van der Waals surface area contributed by atoms with E-state index in [1.807, 2.05) is 0 Å². The second kappa shape index (κ2) is 6.54. The third-order valence-electron chi connectivity index (χ3n) is 3.98. The predicted octanol–water partition coefficient (Wildman–Crippen LogP) is 2.33. The standard InChI is InChI=1S/C15H16ClFN4O2/c16-12-4-11(5-13(17)14(12)22)15(23)20-3-1-2-10(6-20)7-21-9-18-8-19-21/h4-5,8-10,22H,1-3,6-7H2. The Morgan fingerprint density at radius 1 is 1.48 bits per heavy atom. The van der Waals surface area contributed by atoms with E-state index in [4.69, 9.17) is 11.6 Å². The predicted molar refractivity (Wildman–Crippen MR) is 81.7 cm³/mol. The molecule has 6 nitrogen and oxygen atoms in total. The fraction of sp³-hybridized carbons (Fsp3) is 0.400. The number of aromatic hydroxyl groups is 1. The van der Waals surface area contributed by atoms with Gasteiger partial charge >= 0.3 is 0 Å². The number of amides is 1. The molecule has 1 fully saturated rings. The summed E-state index contributed by atoms with van der Waals surface area (Å²) >= 11 is 5.75. The van der Waals surface area contributed by atoms with Crippen LogP contribution in [-0.4, -0.2) is 43.8 Å². The number of phenolic OH excluding ortho intramolecular Hbond substituents is 1. The van der Waals surface area contributed by atoms with Crippen LogP contribution in [0.3, 0.4) is 0 Å². The van der Waals surface area contributed by atoms with Gasteiger partial charge in [-0.2, -0.15) is 5.10 Å². The number of carbonyl (C=O) groups is 1. The molecule has 0 bridgehead atoms. The first-order valence-electron chi connectivity index (χ1n) is 7.34. The average molecular weight is 339 g/mol. The molecule has 0 spiro atoms. The number of likely N-dealkylation sites (tertiary alicyclic amines) is 1. The minimum atomic E-state index is -0.892. The van der Waals surface area contributed by atoms with Crippen molar-refractivity contribution in [1.82, 2.24) is 19.7 Å². The third kappa shape index (κ3) is 3.44. The van der Waals surface area contributed by atoms with Gasteiger partial charge in [0.05, 0.1) is 5.02 Å². The maximum atomic E-state index is 13.6. The fourth-order valence-corrected chi connectivity index (χ4v) is 3.07. The SMILES string of the molecule is O=C(c1cc(F)c(O)c(Cl)c1)N1CCCC(Cn2cncn2)C1. The Labute approximate surface area is 137 Å². The van der Waals surface area contributed by atoms with E-state index in [9.17, 15) is 14.3 Å². The first-order chi connectivity index (χ1) is 11.0. The Kier molecular flexibility index (Phi) is 4.47. The van der Waals surface area contributed by atoms with Crippen LogP contribution in [0.25, 0.3) is 0 Å². The molecule has 0 saturated carbocycles. The average Bonchev–Trinajstić information content (AvgIpc) is 3.04. The Balaban J connectivity index is 1.72. The summed E-state index contributed by atoms with van der Waals surface area (Å²) < 4.78 is 15.3. The number of piperidine rings is 1. The second-order valence-electron chi connectivity index (χ2n) is 5.67. The van der Waals surface area contributed by atoms with E-state index in [1.165, 1.54) is 12.4 Å². The Morgan fingerprint density at radius 2 is 2.30 bits per heavy atom. The number of carbonyl (C=O) groups excluding carboxylic acids is 1. The molecule has 0 aliphatic carbocycles. The van der Waals surface area contributed by atoms with Crippen molar-refractivity contribution in [1.29, 1.82) is 0 Å². The number of rotatable bonds is 3. The second-order valence-corrected chi connectivity index (χ2v) is 6.07. The zero-order valence-corrected chi connectivity index (χ0v) is 13.1. The first-order valence-corrected chi connectivity index (χ1v) is 7.72. The van der Waals surface area contributed by atoms with Crippen molar-refractivity contribution in [3.63, 3.8) is 0 Å². The van der Waals surface area contributed by atoms with Gasteiger partial charge in [0.2, 0.25) is 0 Å². The molecular weight excluding hydrogens is 323 g/mol. The number of hydrogen-bond acceptors (Lipinski definition) is 4. The summed E-state index contributed by atoms with van der Waals surface area (Å²) in [5.41, 5.74) is 0.145. The molecule has 23 heavy (non-hydrogen) atoms. The molecule has 2 heterocycles. The molecule has 1 N–H and O–H groups in total. The molecule has 1 atom stereocenters. The Hall–Kier alpha value is -2.15. The van der Waals surface area contributed by atoms with Crippen molar-refractivity contribution in [3.8, 4) is 5.75 Å². The lowest BCUT2D eigenvalue weighted by atomic mass is 9.97. The monoisotopic (exact) mass is 338 g/mol. The number of aromatic nitrogens is 3. The van der Waals surface area contributed by atoms with Crippen molar-refractivity contribution >= 4 is 17.5 Å². The molecular formula is C15H16ClFN4O2. The lowest BCUT2D eigenvalue weighted by molar-refractivity contribution is 0.0659. The summed E-state index contributed by atoms with van der Waals surface area (Å²) in [6.07, 6.45) is 5.00. The van der Waals surface area contributed by atoms with Crippen LogP contribution in [0.1, 0.15) is 23.2 Å². The first kappa shape index (κ1) is 15.7. The van der Waals surface area contributed by atoms with Gasteiger partial charge in [-0.15, -0.1) is 0 Å². The highest BCUT2D eigenvalue weighted by atomic mass is 35.5. The molecule has 1 unspecified atom stereocenters. The minimum absolute atomic E-state index is 0.145. The zero-order chi connectivity index (χ0) is 16.4. The van der Waals surface area contributed by atoms with Crippen molar-refractivity contribution in [2.45, 2.75) is 19.4 Å². The van der Waals surface area contributed by atoms with Crippen LogP contribution in [-0.2, 0) is 6.54 Å². The summed E-state index contributed by atoms with van der Waals surface area (Å²) in [5, 5.41) is 13.3. The van der Waals surface area contributed by atoms with Crippen molar-refractivity contribution < 1.29 is 14.3 Å². The topological polar surface area (TPSA) is 71.2 Å². The van der Waals surface area contributed by atoms with Crippen LogP contribution >= 0.6 is 11.6 Å². The van der Waals surface area contributed by atoms with Gasteiger partial charge in [0, 0.05) is 25.2 Å². The lowest BCUT2D eigenvalue weighted by Gasteiger charge is -2.32. The van der Waals surface area contributed by atoms with E-state index >= 15 is 0 Å². The summed E-state index contributed by atoms with van der Waals surface area (Å²) in [6, 6.07) is 2.31. The van der Waals surface area contributed by atoms with Gasteiger partial charge in [-0.25, -0.2) is 9.37 Å². The molecule has 1 saturated heterocycles. The molecule has 1 aromatic heterocycles. The normalized spacial score (nSPS) is 18.2. The van der Waals surface area contributed by atoms with Gasteiger partial charge < -0.3 is 10.0 Å². The van der Waals surface area contributed by atoms with Gasteiger partial charge in [0.15, 0.2) is 11.6 Å². The van der Waals surface area contributed by atoms with E-state index in [2.05, 4.69) is 10.1 Å². The smallest absolute Gasteiger partial charge is 0.254 e. The van der Waals surface area contributed by atoms with Gasteiger partial charge in [-0.1, -0.05) is 11.6 Å². The molecule has 1 aromatic carbocycles. The molecule has 3 rings (SSSR count). The van der Waals surface area contributed by atoms with Gasteiger partial charge in [0.1, 0.15) is 12.7 Å². The van der Waals surface area contributed by atoms with E-state index in [-0.39, 0.29) is 22.4 Å². The van der Waals surface area contributed by atoms with Crippen LogP contribution in [0, 0.1) is 11.7 Å². The number of benzene rings is 1. The highest BCUT2D eigenvalue weighted by Gasteiger charge is 2.26. The van der Waals surface area contributed by atoms with E-state index < -0.39 is 11.6 Å². The zero-order valence-electron chi connectivity index (χ0n) is 12.3. The quantitative estimate of drug-likeness (QED) is 0.932. The van der Waals surface area contributed by atoms with E-state index in [1.54, 1.807) is 15.9 Å². The van der Waals surface area contributed by atoms with Crippen LogP contribution in [0.2, 0.25) is 5.02 Å². The molecule has 2 aromatic rings. The van der Waals surface area contributed by atoms with Gasteiger partial charge in [0.25, 0.3) is 5.91 Å². The summed E-state index contributed by atoms with van der Waals surface area (Å²) in [4.78, 5) is 18.1. The summed E-state index contributed by atoms with van der Waals surface area (Å²) in [5.74, 6) is -1.54. The third-order valence-corrected chi connectivity index (χ3v) is 4.27. The van der Waals surface area contributed by atoms with Crippen LogP contribution < -0.4 is 0 Å². The largest absolute Gasteiger partial charge is 0.504 e. The maximum Gasteiger partial charge on any atom is 0.254 e. The highest BCUT2D eigenvalue weighted by Crippen LogP contribution is 2.29. The Morgan fingerprint density at radius 3 is 3.00 bits per heavy atom.